The number of piperidine rings is 1. The summed E-state index contributed by atoms with van der Waals surface area (Å²) >= 11 is 0. The Morgan fingerprint density at radius 1 is 0.720 bits per heavy atom. The fraction of sp³-hybridized carbons (Fsp3) is 0.211. The van der Waals surface area contributed by atoms with Crippen LogP contribution in [0, 0.1) is 5.92 Å². The second-order valence-corrected chi connectivity index (χ2v) is 13.0. The van der Waals surface area contributed by atoms with Crippen molar-refractivity contribution in [1.29, 1.82) is 0 Å². The Morgan fingerprint density at radius 2 is 1.46 bits per heavy atom. The summed E-state index contributed by atoms with van der Waals surface area (Å²) in [5, 5.41) is 23.1. The summed E-state index contributed by atoms with van der Waals surface area (Å²) in [7, 11) is 0. The van der Waals surface area contributed by atoms with Crippen LogP contribution in [0.3, 0.4) is 0 Å². The Bertz CT molecular complexity index is 2460. The van der Waals surface area contributed by atoms with Crippen molar-refractivity contribution in [2.24, 2.45) is 15.9 Å². The van der Waals surface area contributed by atoms with Gasteiger partial charge >= 0.3 is 0 Å². The molecule has 5 heterocycles. The average Bonchev–Trinajstić information content (AvgIpc) is 3.15. The number of para-hydroxylation sites is 1. The Morgan fingerprint density at radius 3 is 2.32 bits per heavy atom. The summed E-state index contributed by atoms with van der Waals surface area (Å²) in [6.07, 6.45) is 3.10. The van der Waals surface area contributed by atoms with Gasteiger partial charge in [0, 0.05) is 0 Å². The number of benzene rings is 4. The predicted octanol–water partition coefficient (Wildman–Crippen LogP) is 5.77. The standard InChI is InChI=1S/C38H33N9O3/c48-37-27-10-5-11-28-32(27)35(43-45-37)41-30(39-28)20-47-16-14-22(15-17-47)18-23-6-4-7-24(19-23)26-12-13-29-34-33(26)38(49)46-44-36(34)42-31(40-29)21-50-25-8-2-1-3-9-25/h1-13,19,22H,14-18,20-21H2,(H,45,48)(H,46,49)(H,39,41,43)(H,40,42,44). The van der Waals surface area contributed by atoms with Crippen LogP contribution in [0.5, 0.6) is 5.75 Å². The van der Waals surface area contributed by atoms with E-state index in [1.807, 2.05) is 54.6 Å². The third kappa shape index (κ3) is 5.59. The Kier molecular flexibility index (Phi) is 7.42. The molecule has 3 aliphatic heterocycles. The van der Waals surface area contributed by atoms with Crippen molar-refractivity contribution in [3.8, 4) is 16.9 Å². The number of rotatable bonds is 8. The minimum absolute atomic E-state index is 0.211. The molecule has 0 atom stereocenters. The first kappa shape index (κ1) is 30.0. The maximum absolute atomic E-state index is 13.3. The van der Waals surface area contributed by atoms with E-state index < -0.39 is 0 Å². The average molecular weight is 664 g/mol. The highest BCUT2D eigenvalue weighted by Gasteiger charge is 2.25. The van der Waals surface area contributed by atoms with Crippen LogP contribution in [0.1, 0.15) is 18.4 Å². The fourth-order valence-corrected chi connectivity index (χ4v) is 7.29. The quantitative estimate of drug-likeness (QED) is 0.160. The van der Waals surface area contributed by atoms with Crippen LogP contribution >= 0.6 is 0 Å². The number of nitrogens with zero attached hydrogens (tertiary/aromatic N) is 5. The Balaban J connectivity index is 0.887. The largest absolute Gasteiger partial charge is 0.486 e. The fourth-order valence-electron chi connectivity index (χ4n) is 7.29. The number of H-pyrrole nitrogens is 2. The number of hydrogen-bond acceptors (Lipinski definition) is 10. The normalized spacial score (nSPS) is 15.7. The monoisotopic (exact) mass is 663 g/mol. The number of aliphatic imine (C=N–C) groups is 2. The van der Waals surface area contributed by atoms with Gasteiger partial charge < -0.3 is 15.4 Å². The van der Waals surface area contributed by atoms with Crippen LogP contribution in [0.2, 0.25) is 0 Å². The first-order valence-corrected chi connectivity index (χ1v) is 16.8. The lowest BCUT2D eigenvalue weighted by Crippen LogP contribution is -2.40. The minimum Gasteiger partial charge on any atom is -0.486 e. The van der Waals surface area contributed by atoms with Crippen molar-refractivity contribution in [1.82, 2.24) is 25.3 Å². The summed E-state index contributed by atoms with van der Waals surface area (Å²) in [5.41, 5.74) is 4.27. The van der Waals surface area contributed by atoms with Gasteiger partial charge in [-0.15, -0.1) is 0 Å². The van der Waals surface area contributed by atoms with Gasteiger partial charge in [-0.05, 0) is 85.3 Å². The molecule has 0 amide bonds. The third-order valence-electron chi connectivity index (χ3n) is 9.72. The zero-order valence-corrected chi connectivity index (χ0v) is 27.1. The van der Waals surface area contributed by atoms with Crippen molar-refractivity contribution in [2.45, 2.75) is 19.3 Å². The summed E-state index contributed by atoms with van der Waals surface area (Å²) in [6.45, 7) is 2.86. The second kappa shape index (κ2) is 12.4. The lowest BCUT2D eigenvalue weighted by Gasteiger charge is -2.33. The van der Waals surface area contributed by atoms with Crippen LogP contribution in [-0.4, -0.2) is 63.2 Å². The lowest BCUT2D eigenvalue weighted by molar-refractivity contribution is 0.205. The summed E-state index contributed by atoms with van der Waals surface area (Å²) in [6, 6.07) is 27.7. The van der Waals surface area contributed by atoms with Crippen LogP contribution in [0.25, 0.3) is 32.7 Å². The number of ether oxygens (including phenoxy) is 1. The highest BCUT2D eigenvalue weighted by atomic mass is 16.5. The van der Waals surface area contributed by atoms with Gasteiger partial charge in [-0.25, -0.2) is 20.2 Å². The first-order valence-electron chi connectivity index (χ1n) is 16.8. The molecule has 12 heteroatoms. The molecule has 4 aromatic carbocycles. The molecule has 0 bridgehead atoms. The van der Waals surface area contributed by atoms with Gasteiger partial charge in [0.2, 0.25) is 0 Å². The summed E-state index contributed by atoms with van der Waals surface area (Å²) in [5.74, 6) is 3.75. The zero-order chi connectivity index (χ0) is 33.6. The van der Waals surface area contributed by atoms with Crippen molar-refractivity contribution >= 4 is 56.2 Å². The molecule has 248 valence electrons. The van der Waals surface area contributed by atoms with Gasteiger partial charge in [-0.1, -0.05) is 54.6 Å². The Hall–Kier alpha value is -6.14. The van der Waals surface area contributed by atoms with E-state index in [9.17, 15) is 9.59 Å². The van der Waals surface area contributed by atoms with E-state index in [1.54, 1.807) is 6.07 Å². The predicted molar refractivity (Wildman–Crippen MR) is 196 cm³/mol. The highest BCUT2D eigenvalue weighted by Crippen LogP contribution is 2.38. The van der Waals surface area contributed by atoms with E-state index in [4.69, 9.17) is 9.73 Å². The molecule has 2 aromatic heterocycles. The number of aromatic amines is 2. The van der Waals surface area contributed by atoms with E-state index in [2.05, 4.69) is 65.2 Å². The molecule has 50 heavy (non-hydrogen) atoms. The van der Waals surface area contributed by atoms with Gasteiger partial charge in [-0.2, -0.15) is 10.2 Å². The molecule has 1 fully saturated rings. The molecular formula is C38H33N9O3. The number of hydrogen-bond donors (Lipinski definition) is 4. The number of amidine groups is 2. The molecule has 0 saturated carbocycles. The number of nitrogens with one attached hydrogen (secondary N) is 4. The van der Waals surface area contributed by atoms with Crippen molar-refractivity contribution < 1.29 is 4.74 Å². The van der Waals surface area contributed by atoms with Gasteiger partial charge in [0.05, 0.1) is 39.5 Å². The minimum atomic E-state index is -0.249. The maximum atomic E-state index is 13.3. The van der Waals surface area contributed by atoms with Gasteiger partial charge in [0.15, 0.2) is 11.6 Å². The molecule has 1 saturated heterocycles. The zero-order valence-electron chi connectivity index (χ0n) is 27.1. The SMILES string of the molecule is O=c1[nH]nc2c3c(cccc13)NC(CN1CCC(Cc3cccc(-c4ccc5c6c(n[nH]c(=O)c46)N=C(COc4ccccc4)N5)c3)CC1)=N2. The smallest absolute Gasteiger partial charge is 0.272 e. The van der Waals surface area contributed by atoms with Gasteiger partial charge in [-0.3, -0.25) is 14.5 Å². The molecule has 0 spiro atoms. The molecule has 0 aliphatic carbocycles. The second-order valence-electron chi connectivity index (χ2n) is 13.0. The van der Waals surface area contributed by atoms with Crippen molar-refractivity contribution in [2.75, 3.05) is 36.9 Å². The van der Waals surface area contributed by atoms with Gasteiger partial charge in [0.25, 0.3) is 11.1 Å². The van der Waals surface area contributed by atoms with E-state index in [0.717, 1.165) is 71.8 Å². The number of aromatic nitrogens is 4. The van der Waals surface area contributed by atoms with Crippen LogP contribution in [-0.2, 0) is 6.42 Å². The number of likely N-dealkylation sites (tertiary alicyclic amines) is 1. The molecule has 4 N–H and O–H groups in total. The molecule has 6 aromatic rings. The Labute approximate surface area is 286 Å². The van der Waals surface area contributed by atoms with Crippen LogP contribution in [0.15, 0.2) is 105 Å². The number of anilines is 2. The molecule has 0 unspecified atom stereocenters. The molecular weight excluding hydrogens is 630 g/mol. The molecule has 9 rings (SSSR count). The molecule has 3 aliphatic rings. The van der Waals surface area contributed by atoms with Gasteiger partial charge in [0.1, 0.15) is 24.0 Å². The first-order chi connectivity index (χ1) is 24.6. The van der Waals surface area contributed by atoms with E-state index in [1.165, 1.54) is 5.56 Å². The van der Waals surface area contributed by atoms with Crippen LogP contribution < -0.4 is 26.5 Å². The van der Waals surface area contributed by atoms with E-state index in [0.29, 0.717) is 46.1 Å². The van der Waals surface area contributed by atoms with E-state index in [-0.39, 0.29) is 17.7 Å². The van der Waals surface area contributed by atoms with E-state index >= 15 is 0 Å². The summed E-state index contributed by atoms with van der Waals surface area (Å²) < 4.78 is 5.90. The van der Waals surface area contributed by atoms with Crippen molar-refractivity contribution in [3.05, 3.63) is 111 Å². The molecule has 0 radical (unpaired) electrons. The van der Waals surface area contributed by atoms with Crippen LogP contribution in [0.4, 0.5) is 23.0 Å². The van der Waals surface area contributed by atoms with Crippen molar-refractivity contribution in [3.63, 3.8) is 0 Å². The third-order valence-corrected chi connectivity index (χ3v) is 9.72. The molecule has 12 nitrogen and oxygen atoms in total. The maximum Gasteiger partial charge on any atom is 0.272 e. The highest BCUT2D eigenvalue weighted by molar-refractivity contribution is 6.16. The lowest BCUT2D eigenvalue weighted by atomic mass is 9.88. The summed E-state index contributed by atoms with van der Waals surface area (Å²) in [4.78, 5) is 37.3. The topological polar surface area (TPSA) is 153 Å².